The Bertz CT molecular complexity index is 254. The first-order valence-electron chi connectivity index (χ1n) is 5.09. The van der Waals surface area contributed by atoms with Gasteiger partial charge in [0.15, 0.2) is 0 Å². The highest BCUT2D eigenvalue weighted by atomic mass is 14.7. The Morgan fingerprint density at radius 1 is 1.43 bits per heavy atom. The Morgan fingerprint density at radius 3 is 2.50 bits per heavy atom. The lowest BCUT2D eigenvalue weighted by Gasteiger charge is -2.00. The fraction of sp³-hybridized carbons (Fsp3) is 0.462. The Morgan fingerprint density at radius 2 is 2.07 bits per heavy atom. The molecule has 1 nitrogen and oxygen atoms in total. The van der Waals surface area contributed by atoms with Crippen LogP contribution in [0.2, 0.25) is 0 Å². The van der Waals surface area contributed by atoms with E-state index in [1.807, 2.05) is 6.92 Å². The summed E-state index contributed by atoms with van der Waals surface area (Å²) in [5, 5.41) is 0. The molecule has 0 unspecified atom stereocenters. The van der Waals surface area contributed by atoms with Gasteiger partial charge in [-0.05, 0) is 37.8 Å². The molecule has 0 aromatic carbocycles. The lowest BCUT2D eigenvalue weighted by atomic mass is 10.1. The van der Waals surface area contributed by atoms with E-state index in [0.717, 1.165) is 12.1 Å². The molecule has 0 N–H and O–H groups in total. The summed E-state index contributed by atoms with van der Waals surface area (Å²) < 4.78 is 0. The van der Waals surface area contributed by atoms with Gasteiger partial charge in [0, 0.05) is 6.21 Å². The molecule has 0 radical (unpaired) electrons. The van der Waals surface area contributed by atoms with Crippen molar-refractivity contribution in [2.75, 3.05) is 0 Å². The van der Waals surface area contributed by atoms with E-state index in [1.54, 1.807) is 12.3 Å². The molecule has 1 heteroatoms. The predicted molar refractivity (Wildman–Crippen MR) is 65.7 cm³/mol. The fourth-order valence-electron chi connectivity index (χ4n) is 1.10. The minimum atomic E-state index is 0.615. The van der Waals surface area contributed by atoms with E-state index in [9.17, 15) is 0 Å². The zero-order valence-corrected chi connectivity index (χ0v) is 9.75. The average Bonchev–Trinajstić information content (AvgIpc) is 2.13. The van der Waals surface area contributed by atoms with Crippen molar-refractivity contribution in [2.45, 2.75) is 34.1 Å². The summed E-state index contributed by atoms with van der Waals surface area (Å²) in [7, 11) is 0. The highest BCUT2D eigenvalue weighted by molar-refractivity contribution is 5.56. The van der Waals surface area contributed by atoms with Crippen LogP contribution in [-0.4, -0.2) is 6.21 Å². The van der Waals surface area contributed by atoms with Crippen molar-refractivity contribution in [3.8, 4) is 0 Å². The molecule has 0 spiro atoms. The van der Waals surface area contributed by atoms with Gasteiger partial charge in [0.2, 0.25) is 0 Å². The molecule has 0 fully saturated rings. The first kappa shape index (κ1) is 12.9. The monoisotopic (exact) mass is 191 g/mol. The van der Waals surface area contributed by atoms with Gasteiger partial charge in [-0.25, -0.2) is 0 Å². The lowest BCUT2D eigenvalue weighted by Crippen LogP contribution is -1.83. The molecule has 0 saturated carbocycles. The number of nitrogens with zero attached hydrogens (tertiary/aromatic N) is 1. The number of aliphatic imine (C=N–C) groups is 1. The molecule has 0 atom stereocenters. The van der Waals surface area contributed by atoms with Crippen molar-refractivity contribution in [1.82, 2.24) is 0 Å². The van der Waals surface area contributed by atoms with Crippen LogP contribution in [0.4, 0.5) is 0 Å². The summed E-state index contributed by atoms with van der Waals surface area (Å²) in [5.74, 6) is 0.615. The van der Waals surface area contributed by atoms with Crippen LogP contribution in [0.15, 0.2) is 41.1 Å². The van der Waals surface area contributed by atoms with Gasteiger partial charge in [-0.2, -0.15) is 0 Å². The van der Waals surface area contributed by atoms with E-state index in [0.29, 0.717) is 5.92 Å². The second-order valence-corrected chi connectivity index (χ2v) is 3.63. The van der Waals surface area contributed by atoms with Crippen LogP contribution in [0.25, 0.3) is 0 Å². The van der Waals surface area contributed by atoms with Gasteiger partial charge in [0.1, 0.15) is 0 Å². The number of allylic oxidation sites excluding steroid dienone is 4. The second kappa shape index (κ2) is 7.31. The van der Waals surface area contributed by atoms with E-state index >= 15 is 0 Å². The molecule has 0 bridgehead atoms. The zero-order valence-electron chi connectivity index (χ0n) is 9.75. The van der Waals surface area contributed by atoms with Crippen LogP contribution in [0.5, 0.6) is 0 Å². The maximum atomic E-state index is 4.24. The summed E-state index contributed by atoms with van der Waals surface area (Å²) in [6.07, 6.45) is 8.96. The summed E-state index contributed by atoms with van der Waals surface area (Å²) in [4.78, 5) is 4.24. The van der Waals surface area contributed by atoms with Crippen LogP contribution in [-0.2, 0) is 0 Å². The maximum Gasteiger partial charge on any atom is 0.0612 e. The van der Waals surface area contributed by atoms with Crippen molar-refractivity contribution in [3.63, 3.8) is 0 Å². The molecule has 0 aliphatic carbocycles. The minimum Gasteiger partial charge on any atom is -0.262 e. The number of rotatable bonds is 5. The topological polar surface area (TPSA) is 12.4 Å². The van der Waals surface area contributed by atoms with Crippen LogP contribution in [0.1, 0.15) is 34.1 Å². The molecule has 0 saturated heterocycles. The molecule has 78 valence electrons. The van der Waals surface area contributed by atoms with Gasteiger partial charge >= 0.3 is 0 Å². The van der Waals surface area contributed by atoms with E-state index in [1.165, 1.54) is 5.57 Å². The standard InChI is InChI=1S/C13H21N/c1-6-13(14-7-2)12(5)10-8-9-11(3)4/h6-9,11H,1,10H2,2-5H3/b9-8-,13-12+,14-7-. The van der Waals surface area contributed by atoms with E-state index in [2.05, 4.69) is 44.5 Å². The average molecular weight is 191 g/mol. The summed E-state index contributed by atoms with van der Waals surface area (Å²) in [6, 6.07) is 0. The Kier molecular flexibility index (Phi) is 6.73. The summed E-state index contributed by atoms with van der Waals surface area (Å²) >= 11 is 0. The predicted octanol–water partition coefficient (Wildman–Crippen LogP) is 4.14. The van der Waals surface area contributed by atoms with E-state index < -0.39 is 0 Å². The zero-order chi connectivity index (χ0) is 11.0. The SMILES string of the molecule is C=CC(/N=C\C)=C(/C)C/C=C\C(C)C. The molecular formula is C13H21N. The molecule has 0 amide bonds. The van der Waals surface area contributed by atoms with Crippen molar-refractivity contribution >= 4 is 6.21 Å². The molecule has 0 aliphatic heterocycles. The van der Waals surface area contributed by atoms with Gasteiger partial charge < -0.3 is 0 Å². The van der Waals surface area contributed by atoms with Gasteiger partial charge in [-0.15, -0.1) is 0 Å². The van der Waals surface area contributed by atoms with Gasteiger partial charge in [-0.1, -0.05) is 32.6 Å². The number of hydrogen-bond donors (Lipinski definition) is 0. The lowest BCUT2D eigenvalue weighted by molar-refractivity contribution is 0.826. The second-order valence-electron chi connectivity index (χ2n) is 3.63. The van der Waals surface area contributed by atoms with Crippen molar-refractivity contribution in [1.29, 1.82) is 0 Å². The fourth-order valence-corrected chi connectivity index (χ4v) is 1.10. The van der Waals surface area contributed by atoms with Gasteiger partial charge in [0.05, 0.1) is 5.70 Å². The molecular weight excluding hydrogens is 170 g/mol. The normalized spacial score (nSPS) is 14.1. The minimum absolute atomic E-state index is 0.615. The van der Waals surface area contributed by atoms with Crippen molar-refractivity contribution in [2.24, 2.45) is 10.9 Å². The van der Waals surface area contributed by atoms with Crippen molar-refractivity contribution in [3.05, 3.63) is 36.1 Å². The smallest absolute Gasteiger partial charge is 0.0612 e. The third kappa shape index (κ3) is 5.52. The molecule has 14 heavy (non-hydrogen) atoms. The van der Waals surface area contributed by atoms with Crippen LogP contribution in [0.3, 0.4) is 0 Å². The van der Waals surface area contributed by atoms with Crippen LogP contribution in [0, 0.1) is 5.92 Å². The Hall–Kier alpha value is -1.11. The van der Waals surface area contributed by atoms with Crippen LogP contribution < -0.4 is 0 Å². The third-order valence-corrected chi connectivity index (χ3v) is 1.84. The molecule has 0 rings (SSSR count). The maximum absolute atomic E-state index is 4.24. The summed E-state index contributed by atoms with van der Waals surface area (Å²) in [5.41, 5.74) is 2.25. The highest BCUT2D eigenvalue weighted by Gasteiger charge is 1.93. The van der Waals surface area contributed by atoms with Crippen molar-refractivity contribution < 1.29 is 0 Å². The van der Waals surface area contributed by atoms with E-state index in [-0.39, 0.29) is 0 Å². The third-order valence-electron chi connectivity index (χ3n) is 1.84. The highest BCUT2D eigenvalue weighted by Crippen LogP contribution is 2.11. The Labute approximate surface area is 87.9 Å². The number of hydrogen-bond acceptors (Lipinski definition) is 1. The first-order valence-corrected chi connectivity index (χ1v) is 5.09. The molecule has 0 aliphatic rings. The summed E-state index contributed by atoms with van der Waals surface area (Å²) in [6.45, 7) is 12.1. The van der Waals surface area contributed by atoms with Crippen LogP contribution >= 0.6 is 0 Å². The molecule has 0 aromatic heterocycles. The Balaban J connectivity index is 4.41. The van der Waals surface area contributed by atoms with E-state index in [4.69, 9.17) is 0 Å². The van der Waals surface area contributed by atoms with Gasteiger partial charge in [-0.3, -0.25) is 4.99 Å². The largest absolute Gasteiger partial charge is 0.262 e. The molecule has 0 aromatic rings. The first-order chi connectivity index (χ1) is 6.61. The molecule has 0 heterocycles. The van der Waals surface area contributed by atoms with Gasteiger partial charge in [0.25, 0.3) is 0 Å². The quantitative estimate of drug-likeness (QED) is 0.352.